The molecule has 0 aliphatic carbocycles. The molecule has 0 N–H and O–H groups in total. The molecule has 0 aliphatic rings. The van der Waals surface area contributed by atoms with E-state index in [0.717, 1.165) is 0 Å². The second kappa shape index (κ2) is 8.52. The van der Waals surface area contributed by atoms with E-state index in [9.17, 15) is 0 Å². The van der Waals surface area contributed by atoms with Gasteiger partial charge in [-0.05, 0) is 13.8 Å². The summed E-state index contributed by atoms with van der Waals surface area (Å²) in [7, 11) is 0. The number of halogens is 1. The fourth-order valence-corrected chi connectivity index (χ4v) is 2.45. The third kappa shape index (κ3) is 4.45. The predicted octanol–water partition coefficient (Wildman–Crippen LogP) is 2.06. The quantitative estimate of drug-likeness (QED) is 0.484. The normalized spacial score (nSPS) is 9.55. The van der Waals surface area contributed by atoms with Crippen LogP contribution in [0.2, 0.25) is 0 Å². The van der Waals surface area contributed by atoms with Crippen molar-refractivity contribution in [3.63, 3.8) is 0 Å². The monoisotopic (exact) mass is 360 g/mol. The molecular formula is C20H17BrMg. The van der Waals surface area contributed by atoms with E-state index in [0.29, 0.717) is 0 Å². The van der Waals surface area contributed by atoms with Gasteiger partial charge in [-0.15, -0.1) is 11.1 Å². The summed E-state index contributed by atoms with van der Waals surface area (Å²) in [5, 5.41) is 0. The Hall–Kier alpha value is -1.09. The molecule has 0 bridgehead atoms. The van der Waals surface area contributed by atoms with Crippen LogP contribution < -0.4 is 17.0 Å². The van der Waals surface area contributed by atoms with E-state index in [4.69, 9.17) is 0 Å². The molecule has 2 heteroatoms. The molecule has 3 rings (SSSR count). The number of benzene rings is 3. The van der Waals surface area contributed by atoms with E-state index in [2.05, 4.69) is 74.5 Å². The maximum atomic E-state index is 3.27. The Bertz CT molecular complexity index is 689. The van der Waals surface area contributed by atoms with Gasteiger partial charge in [0.05, 0.1) is 0 Å². The van der Waals surface area contributed by atoms with E-state index in [1.807, 2.05) is 12.1 Å². The molecule has 3 aromatic carbocycles. The van der Waals surface area contributed by atoms with Crippen molar-refractivity contribution in [2.24, 2.45) is 0 Å². The van der Waals surface area contributed by atoms with Crippen LogP contribution in [-0.4, -0.2) is 23.1 Å². The standard InChI is InChI=1S/C20H17.BrH.Mg/c1-15-6-3-8-17(12-15)19-10-5-11-20(14-19)18-9-4-7-16(2)13-18;;/h3-4,6-14H,1-2H3;1H;/q-1;;+2/p-1. The number of rotatable bonds is 2. The van der Waals surface area contributed by atoms with Gasteiger partial charge in [0.15, 0.2) is 0 Å². The van der Waals surface area contributed by atoms with Gasteiger partial charge in [0.2, 0.25) is 0 Å². The molecule has 0 radical (unpaired) electrons. The first-order valence-electron chi connectivity index (χ1n) is 6.87. The largest absolute Gasteiger partial charge is 2.00 e. The minimum Gasteiger partial charge on any atom is -1.00 e. The van der Waals surface area contributed by atoms with Gasteiger partial charge in [0.1, 0.15) is 0 Å². The molecule has 22 heavy (non-hydrogen) atoms. The van der Waals surface area contributed by atoms with Gasteiger partial charge in [-0.2, -0.15) is 24.3 Å². The topological polar surface area (TPSA) is 0 Å². The average Bonchev–Trinajstić information content (AvgIpc) is 2.47. The minimum absolute atomic E-state index is 0. The van der Waals surface area contributed by atoms with Crippen LogP contribution in [0.5, 0.6) is 0 Å². The van der Waals surface area contributed by atoms with Gasteiger partial charge in [-0.25, -0.2) is 0 Å². The molecule has 0 amide bonds. The number of hydrogen-bond acceptors (Lipinski definition) is 0. The number of hydrogen-bond donors (Lipinski definition) is 0. The fourth-order valence-electron chi connectivity index (χ4n) is 2.45. The molecule has 0 heterocycles. The maximum Gasteiger partial charge on any atom is 2.00 e. The van der Waals surface area contributed by atoms with Gasteiger partial charge < -0.3 is 17.0 Å². The molecule has 0 saturated carbocycles. The molecule has 106 valence electrons. The Balaban J connectivity index is 0.00000121. The zero-order valence-electron chi connectivity index (χ0n) is 12.9. The van der Waals surface area contributed by atoms with Crippen molar-refractivity contribution in [1.82, 2.24) is 0 Å². The van der Waals surface area contributed by atoms with Crippen LogP contribution in [0.3, 0.4) is 0 Å². The van der Waals surface area contributed by atoms with Crippen LogP contribution in [0.25, 0.3) is 22.3 Å². The summed E-state index contributed by atoms with van der Waals surface area (Å²) in [4.78, 5) is 0. The molecule has 0 fully saturated rings. The van der Waals surface area contributed by atoms with E-state index in [-0.39, 0.29) is 40.0 Å². The summed E-state index contributed by atoms with van der Waals surface area (Å²) in [6.45, 7) is 4.25. The third-order valence-electron chi connectivity index (χ3n) is 3.49. The first-order chi connectivity index (χ1) is 9.72. The Kier molecular flexibility index (Phi) is 7.34. The Morgan fingerprint density at radius 2 is 1.09 bits per heavy atom. The van der Waals surface area contributed by atoms with Crippen LogP contribution >= 0.6 is 0 Å². The van der Waals surface area contributed by atoms with Crippen molar-refractivity contribution >= 4 is 23.1 Å². The average molecular weight is 362 g/mol. The Morgan fingerprint density at radius 1 is 0.636 bits per heavy atom. The Labute approximate surface area is 159 Å². The first kappa shape index (κ1) is 19.0. The van der Waals surface area contributed by atoms with Gasteiger partial charge in [0, 0.05) is 0 Å². The summed E-state index contributed by atoms with van der Waals surface area (Å²) in [6, 6.07) is 26.8. The van der Waals surface area contributed by atoms with E-state index in [1.54, 1.807) is 0 Å². The Morgan fingerprint density at radius 3 is 1.50 bits per heavy atom. The minimum atomic E-state index is 0. The van der Waals surface area contributed by atoms with Crippen molar-refractivity contribution < 1.29 is 17.0 Å². The second-order valence-electron chi connectivity index (χ2n) is 5.25. The first-order valence-corrected chi connectivity index (χ1v) is 6.87. The summed E-state index contributed by atoms with van der Waals surface area (Å²) in [6.07, 6.45) is 0. The summed E-state index contributed by atoms with van der Waals surface area (Å²) < 4.78 is 0. The van der Waals surface area contributed by atoms with E-state index >= 15 is 0 Å². The molecule has 0 spiro atoms. The number of aryl methyl sites for hydroxylation is 2. The van der Waals surface area contributed by atoms with Crippen LogP contribution in [0, 0.1) is 19.9 Å². The van der Waals surface area contributed by atoms with Gasteiger partial charge in [-0.3, -0.25) is 0 Å². The van der Waals surface area contributed by atoms with Crippen molar-refractivity contribution in [3.05, 3.63) is 83.9 Å². The van der Waals surface area contributed by atoms with Crippen molar-refractivity contribution in [1.29, 1.82) is 0 Å². The van der Waals surface area contributed by atoms with Crippen molar-refractivity contribution in [3.8, 4) is 22.3 Å². The molecule has 0 aliphatic heterocycles. The van der Waals surface area contributed by atoms with Crippen LogP contribution in [-0.2, 0) is 0 Å². The SMILES string of the molecule is Cc1cccc(-c2c[c-]cc(-c3cccc(C)c3)c2)c1.[Br-].[Mg+2]. The predicted molar refractivity (Wildman–Crippen MR) is 91.4 cm³/mol. The maximum absolute atomic E-state index is 3.27. The summed E-state index contributed by atoms with van der Waals surface area (Å²) in [5.74, 6) is 0. The molecule has 0 aromatic heterocycles. The summed E-state index contributed by atoms with van der Waals surface area (Å²) in [5.41, 5.74) is 7.49. The van der Waals surface area contributed by atoms with Gasteiger partial charge >= 0.3 is 23.1 Å². The zero-order chi connectivity index (χ0) is 13.9. The van der Waals surface area contributed by atoms with Crippen LogP contribution in [0.4, 0.5) is 0 Å². The fraction of sp³-hybridized carbons (Fsp3) is 0.100. The molecule has 0 saturated heterocycles. The molecule has 0 unspecified atom stereocenters. The van der Waals surface area contributed by atoms with Crippen LogP contribution in [0.15, 0.2) is 66.7 Å². The van der Waals surface area contributed by atoms with Gasteiger partial charge in [0.25, 0.3) is 0 Å². The molecule has 3 aromatic rings. The molecule has 0 atom stereocenters. The van der Waals surface area contributed by atoms with E-state index in [1.165, 1.54) is 33.4 Å². The van der Waals surface area contributed by atoms with Crippen molar-refractivity contribution in [2.75, 3.05) is 0 Å². The second-order valence-corrected chi connectivity index (χ2v) is 5.25. The summed E-state index contributed by atoms with van der Waals surface area (Å²) >= 11 is 0. The van der Waals surface area contributed by atoms with Crippen LogP contribution in [0.1, 0.15) is 11.1 Å². The molecule has 0 nitrogen and oxygen atoms in total. The molecular weight excluding hydrogens is 344 g/mol. The van der Waals surface area contributed by atoms with Gasteiger partial charge in [-0.1, -0.05) is 70.8 Å². The van der Waals surface area contributed by atoms with Crippen molar-refractivity contribution in [2.45, 2.75) is 13.8 Å². The third-order valence-corrected chi connectivity index (χ3v) is 3.49. The zero-order valence-corrected chi connectivity index (χ0v) is 15.9. The van der Waals surface area contributed by atoms with E-state index < -0.39 is 0 Å². The smallest absolute Gasteiger partial charge is 1.00 e.